The summed E-state index contributed by atoms with van der Waals surface area (Å²) < 4.78 is 11.4. The first-order chi connectivity index (χ1) is 9.75. The van der Waals surface area contributed by atoms with Crippen molar-refractivity contribution in [2.24, 2.45) is 0 Å². The van der Waals surface area contributed by atoms with E-state index in [4.69, 9.17) is 9.15 Å². The molecule has 108 valence electrons. The lowest BCUT2D eigenvalue weighted by Gasteiger charge is -2.06. The van der Waals surface area contributed by atoms with Gasteiger partial charge in [-0.3, -0.25) is 0 Å². The third kappa shape index (κ3) is 5.00. The van der Waals surface area contributed by atoms with Crippen LogP contribution in [0.3, 0.4) is 0 Å². The van der Waals surface area contributed by atoms with Gasteiger partial charge >= 0.3 is 0 Å². The number of rotatable bonds is 8. The molecule has 0 amide bonds. The number of hydrogen-bond acceptors (Lipinski definition) is 4. The zero-order chi connectivity index (χ0) is 14.2. The number of nitrogens with one attached hydrogen (secondary N) is 1. The molecular formula is C15H18BrNO3. The van der Waals surface area contributed by atoms with Crippen molar-refractivity contribution in [3.63, 3.8) is 0 Å². The molecule has 1 aromatic carbocycles. The van der Waals surface area contributed by atoms with Crippen LogP contribution in [0.4, 0.5) is 0 Å². The minimum absolute atomic E-state index is 0.264. The van der Waals surface area contributed by atoms with E-state index in [0.29, 0.717) is 13.2 Å². The van der Waals surface area contributed by atoms with E-state index in [9.17, 15) is 5.11 Å². The van der Waals surface area contributed by atoms with Crippen molar-refractivity contribution in [1.82, 2.24) is 5.32 Å². The number of ether oxygens (including phenoxy) is 1. The van der Waals surface area contributed by atoms with E-state index in [1.807, 2.05) is 24.3 Å². The van der Waals surface area contributed by atoms with Crippen molar-refractivity contribution < 1.29 is 14.3 Å². The molecule has 0 aliphatic carbocycles. The Balaban J connectivity index is 1.54. The van der Waals surface area contributed by atoms with Crippen molar-refractivity contribution >= 4 is 15.9 Å². The Labute approximate surface area is 126 Å². The van der Waals surface area contributed by atoms with Crippen molar-refractivity contribution in [3.05, 3.63) is 52.4 Å². The summed E-state index contributed by atoms with van der Waals surface area (Å²) in [5, 5.41) is 12.7. The number of hydrogen-bond donors (Lipinski definition) is 2. The maximum atomic E-state index is 9.40. The van der Waals surface area contributed by atoms with Crippen LogP contribution < -0.4 is 5.32 Å². The summed E-state index contributed by atoms with van der Waals surface area (Å²) >= 11 is 3.30. The molecule has 0 bridgehead atoms. The first-order valence-electron chi connectivity index (χ1n) is 6.54. The molecule has 0 saturated carbocycles. The van der Waals surface area contributed by atoms with Crippen molar-refractivity contribution in [2.45, 2.75) is 19.6 Å². The van der Waals surface area contributed by atoms with Crippen LogP contribution in [0.2, 0.25) is 0 Å². The number of phenols is 1. The van der Waals surface area contributed by atoms with E-state index >= 15 is 0 Å². The van der Waals surface area contributed by atoms with E-state index in [1.54, 1.807) is 12.3 Å². The Bertz CT molecular complexity index is 514. The molecule has 0 radical (unpaired) electrons. The molecule has 0 fully saturated rings. The molecule has 4 nitrogen and oxygen atoms in total. The van der Waals surface area contributed by atoms with E-state index in [1.165, 1.54) is 0 Å². The highest BCUT2D eigenvalue weighted by molar-refractivity contribution is 9.10. The van der Waals surface area contributed by atoms with Crippen LogP contribution in [0.5, 0.6) is 5.75 Å². The maximum Gasteiger partial charge on any atom is 0.129 e. The minimum atomic E-state index is 0.264. The molecule has 2 N–H and O–H groups in total. The second kappa shape index (κ2) is 8.09. The normalized spacial score (nSPS) is 10.8. The monoisotopic (exact) mass is 339 g/mol. The summed E-state index contributed by atoms with van der Waals surface area (Å²) in [6.45, 7) is 2.89. The number of phenolic OH excluding ortho intramolecular Hbond substituents is 1. The summed E-state index contributed by atoms with van der Waals surface area (Å²) in [4.78, 5) is 0. The first-order valence-corrected chi connectivity index (χ1v) is 7.33. The molecule has 5 heteroatoms. The molecule has 0 aliphatic heterocycles. The molecule has 0 aliphatic rings. The molecule has 20 heavy (non-hydrogen) atoms. The number of halogens is 1. The van der Waals surface area contributed by atoms with Crippen LogP contribution >= 0.6 is 15.9 Å². The van der Waals surface area contributed by atoms with Crippen LogP contribution in [0.15, 0.2) is 45.5 Å². The fraction of sp³-hybridized carbons (Fsp3) is 0.333. The van der Waals surface area contributed by atoms with Gasteiger partial charge in [0.2, 0.25) is 0 Å². The molecule has 2 aromatic rings. The predicted octanol–water partition coefficient (Wildman–Crippen LogP) is 3.44. The van der Waals surface area contributed by atoms with E-state index in [-0.39, 0.29) is 5.75 Å². The smallest absolute Gasteiger partial charge is 0.129 e. The summed E-state index contributed by atoms with van der Waals surface area (Å²) in [5.41, 5.74) is 1.13. The lowest BCUT2D eigenvalue weighted by molar-refractivity contribution is 0.104. The van der Waals surface area contributed by atoms with Gasteiger partial charge in [0, 0.05) is 13.2 Å². The Morgan fingerprint density at radius 1 is 1.30 bits per heavy atom. The zero-order valence-electron chi connectivity index (χ0n) is 11.1. The van der Waals surface area contributed by atoms with Gasteiger partial charge in [-0.05, 0) is 58.7 Å². The number of aromatic hydroxyl groups is 1. The van der Waals surface area contributed by atoms with Crippen molar-refractivity contribution in [3.8, 4) is 5.75 Å². The van der Waals surface area contributed by atoms with E-state index < -0.39 is 0 Å². The molecule has 0 atom stereocenters. The second-order valence-corrected chi connectivity index (χ2v) is 5.30. The highest BCUT2D eigenvalue weighted by Gasteiger charge is 1.99. The Kier molecular flexibility index (Phi) is 6.11. The topological polar surface area (TPSA) is 54.6 Å². The first kappa shape index (κ1) is 15.1. The molecule has 1 aromatic heterocycles. The third-order valence-corrected chi connectivity index (χ3v) is 3.44. The SMILES string of the molecule is Oc1ccc(CNCCCOCc2ccco2)cc1Br. The fourth-order valence-corrected chi connectivity index (χ4v) is 2.19. The van der Waals surface area contributed by atoms with Gasteiger partial charge in [0.1, 0.15) is 18.1 Å². The van der Waals surface area contributed by atoms with Crippen molar-refractivity contribution in [2.75, 3.05) is 13.2 Å². The second-order valence-electron chi connectivity index (χ2n) is 4.45. The average molecular weight is 340 g/mol. The summed E-state index contributed by atoms with van der Waals surface area (Å²) in [7, 11) is 0. The van der Waals surface area contributed by atoms with Crippen LogP contribution in [-0.4, -0.2) is 18.3 Å². The maximum absolute atomic E-state index is 9.40. The molecule has 1 heterocycles. The summed E-state index contributed by atoms with van der Waals surface area (Å²) in [5.74, 6) is 1.12. The lowest BCUT2D eigenvalue weighted by atomic mass is 10.2. The van der Waals surface area contributed by atoms with Crippen LogP contribution in [-0.2, 0) is 17.9 Å². The van der Waals surface area contributed by atoms with Gasteiger partial charge in [0.25, 0.3) is 0 Å². The predicted molar refractivity (Wildman–Crippen MR) is 80.5 cm³/mol. The Hall–Kier alpha value is -1.30. The van der Waals surface area contributed by atoms with Gasteiger partial charge in [0.05, 0.1) is 10.7 Å². The minimum Gasteiger partial charge on any atom is -0.507 e. The summed E-state index contributed by atoms with van der Waals surface area (Å²) in [6, 6.07) is 9.26. The highest BCUT2D eigenvalue weighted by Crippen LogP contribution is 2.24. The van der Waals surface area contributed by atoms with Gasteiger partial charge in [-0.15, -0.1) is 0 Å². The van der Waals surface area contributed by atoms with Crippen LogP contribution in [0.25, 0.3) is 0 Å². The third-order valence-electron chi connectivity index (χ3n) is 2.81. The van der Waals surface area contributed by atoms with Gasteiger partial charge in [-0.2, -0.15) is 0 Å². The zero-order valence-corrected chi connectivity index (χ0v) is 12.7. The van der Waals surface area contributed by atoms with E-state index in [0.717, 1.165) is 35.3 Å². The van der Waals surface area contributed by atoms with Crippen LogP contribution in [0.1, 0.15) is 17.7 Å². The molecule has 0 spiro atoms. The lowest BCUT2D eigenvalue weighted by Crippen LogP contribution is -2.16. The van der Waals surface area contributed by atoms with Gasteiger partial charge in [-0.25, -0.2) is 0 Å². The van der Waals surface area contributed by atoms with Crippen molar-refractivity contribution in [1.29, 1.82) is 0 Å². The Morgan fingerprint density at radius 3 is 2.95 bits per heavy atom. The summed E-state index contributed by atoms with van der Waals surface area (Å²) in [6.07, 6.45) is 2.59. The highest BCUT2D eigenvalue weighted by atomic mass is 79.9. The molecule has 2 rings (SSSR count). The fourth-order valence-electron chi connectivity index (χ4n) is 1.76. The van der Waals surface area contributed by atoms with Crippen LogP contribution in [0, 0.1) is 0 Å². The van der Waals surface area contributed by atoms with Gasteiger partial charge < -0.3 is 19.6 Å². The standard InChI is InChI=1S/C15H18BrNO3/c16-14-9-12(4-5-15(14)18)10-17-6-2-7-19-11-13-3-1-8-20-13/h1,3-5,8-9,17-18H,2,6-7,10-11H2. The Morgan fingerprint density at radius 2 is 2.20 bits per heavy atom. The number of furan rings is 1. The largest absolute Gasteiger partial charge is 0.507 e. The number of benzene rings is 1. The molecule has 0 unspecified atom stereocenters. The van der Waals surface area contributed by atoms with Gasteiger partial charge in [0.15, 0.2) is 0 Å². The molecule has 0 saturated heterocycles. The molecular weight excluding hydrogens is 322 g/mol. The quantitative estimate of drug-likeness (QED) is 0.723. The average Bonchev–Trinajstić information content (AvgIpc) is 2.95. The van der Waals surface area contributed by atoms with E-state index in [2.05, 4.69) is 21.2 Å². The van der Waals surface area contributed by atoms with Gasteiger partial charge in [-0.1, -0.05) is 6.07 Å².